The molecule has 1 aliphatic rings. The molecule has 0 spiro atoms. The first-order chi connectivity index (χ1) is 8.06. The molecule has 0 aromatic rings. The number of carboxylic acids is 1. The maximum absolute atomic E-state index is 11.1. The summed E-state index contributed by atoms with van der Waals surface area (Å²) in [5.74, 6) is -0.928. The summed E-state index contributed by atoms with van der Waals surface area (Å²) in [6, 6.07) is 0.184. The summed E-state index contributed by atoms with van der Waals surface area (Å²) in [7, 11) is 2.13. The van der Waals surface area contributed by atoms with Crippen LogP contribution in [0.25, 0.3) is 0 Å². The maximum atomic E-state index is 11.1. The monoisotopic (exact) mass is 257 g/mol. The number of rotatable bonds is 4. The van der Waals surface area contributed by atoms with Crippen molar-refractivity contribution in [1.82, 2.24) is 9.80 Å². The zero-order chi connectivity index (χ0) is 14.1. The Bertz CT molecular complexity index is 315. The summed E-state index contributed by atoms with van der Waals surface area (Å²) >= 11 is 0. The Kier molecular flexibility index (Phi) is 4.41. The van der Waals surface area contributed by atoms with E-state index in [9.17, 15) is 4.79 Å². The quantitative estimate of drug-likeness (QED) is 0.771. The molecule has 0 saturated carbocycles. The molecule has 0 bridgehead atoms. The molecule has 0 aromatic carbocycles. The standard InChI is InChI=1S/C13H27N3O2/c1-10(8-13(4,14)11(17)18)16-7-6-15(5)12(2,3)9-16/h10H,6-9,14H2,1-5H3,(H,17,18). The molecular formula is C13H27N3O2. The van der Waals surface area contributed by atoms with Crippen molar-refractivity contribution >= 4 is 5.97 Å². The minimum atomic E-state index is -1.15. The molecule has 0 amide bonds. The van der Waals surface area contributed by atoms with Crippen LogP contribution in [0, 0.1) is 0 Å². The maximum Gasteiger partial charge on any atom is 0.323 e. The molecule has 1 aliphatic heterocycles. The topological polar surface area (TPSA) is 69.8 Å². The molecule has 1 rings (SSSR count). The van der Waals surface area contributed by atoms with Gasteiger partial charge in [0.1, 0.15) is 5.54 Å². The first-order valence-corrected chi connectivity index (χ1v) is 6.54. The summed E-state index contributed by atoms with van der Waals surface area (Å²) in [6.45, 7) is 11.0. The highest BCUT2D eigenvalue weighted by molar-refractivity contribution is 5.77. The fraction of sp³-hybridized carbons (Fsp3) is 0.923. The Labute approximate surface area is 110 Å². The van der Waals surface area contributed by atoms with Crippen LogP contribution in [0.15, 0.2) is 0 Å². The van der Waals surface area contributed by atoms with Gasteiger partial charge in [0.15, 0.2) is 0 Å². The van der Waals surface area contributed by atoms with Crippen LogP contribution in [0.1, 0.15) is 34.1 Å². The van der Waals surface area contributed by atoms with Crippen molar-refractivity contribution in [2.24, 2.45) is 5.73 Å². The lowest BCUT2D eigenvalue weighted by Gasteiger charge is -2.48. The Morgan fingerprint density at radius 1 is 1.50 bits per heavy atom. The van der Waals surface area contributed by atoms with Crippen LogP contribution in [-0.2, 0) is 4.79 Å². The fourth-order valence-corrected chi connectivity index (χ4v) is 2.48. The van der Waals surface area contributed by atoms with E-state index >= 15 is 0 Å². The van der Waals surface area contributed by atoms with Gasteiger partial charge in [-0.15, -0.1) is 0 Å². The number of carboxylic acid groups (broad SMARTS) is 1. The van der Waals surface area contributed by atoms with E-state index in [2.05, 4.69) is 37.6 Å². The average Bonchev–Trinajstić information content (AvgIpc) is 2.21. The van der Waals surface area contributed by atoms with Gasteiger partial charge < -0.3 is 10.8 Å². The van der Waals surface area contributed by atoms with E-state index in [1.54, 1.807) is 6.92 Å². The van der Waals surface area contributed by atoms with Gasteiger partial charge in [0.25, 0.3) is 0 Å². The van der Waals surface area contributed by atoms with Crippen LogP contribution >= 0.6 is 0 Å². The van der Waals surface area contributed by atoms with Crippen molar-refractivity contribution in [2.75, 3.05) is 26.7 Å². The molecule has 2 unspecified atom stereocenters. The highest BCUT2D eigenvalue weighted by Crippen LogP contribution is 2.23. The van der Waals surface area contributed by atoms with E-state index in [1.165, 1.54) is 0 Å². The van der Waals surface area contributed by atoms with E-state index in [0.29, 0.717) is 6.42 Å². The lowest BCUT2D eigenvalue weighted by Crippen LogP contribution is -2.61. The Balaban J connectivity index is 2.63. The second-order valence-corrected chi connectivity index (χ2v) is 6.48. The second-order valence-electron chi connectivity index (χ2n) is 6.48. The van der Waals surface area contributed by atoms with Crippen molar-refractivity contribution in [1.29, 1.82) is 0 Å². The smallest absolute Gasteiger partial charge is 0.323 e. The summed E-state index contributed by atoms with van der Waals surface area (Å²) in [4.78, 5) is 15.8. The van der Waals surface area contributed by atoms with Crippen LogP contribution < -0.4 is 5.73 Å². The van der Waals surface area contributed by atoms with Crippen molar-refractivity contribution in [2.45, 2.75) is 51.2 Å². The SMILES string of the molecule is CC(CC(C)(N)C(=O)O)N1CCN(C)C(C)(C)C1. The van der Waals surface area contributed by atoms with E-state index in [-0.39, 0.29) is 11.6 Å². The lowest BCUT2D eigenvalue weighted by molar-refractivity contribution is -0.143. The van der Waals surface area contributed by atoms with Crippen molar-refractivity contribution in [3.05, 3.63) is 0 Å². The second kappa shape index (κ2) is 5.15. The zero-order valence-corrected chi connectivity index (χ0v) is 12.2. The summed E-state index contributed by atoms with van der Waals surface area (Å²) in [5, 5.41) is 9.08. The molecule has 5 heteroatoms. The van der Waals surface area contributed by atoms with Gasteiger partial charge in [-0.2, -0.15) is 0 Å². The van der Waals surface area contributed by atoms with Crippen molar-refractivity contribution in [3.8, 4) is 0 Å². The first-order valence-electron chi connectivity index (χ1n) is 6.54. The molecule has 1 fully saturated rings. The van der Waals surface area contributed by atoms with Gasteiger partial charge in [-0.05, 0) is 41.2 Å². The van der Waals surface area contributed by atoms with Crippen LogP contribution in [0.5, 0.6) is 0 Å². The lowest BCUT2D eigenvalue weighted by atomic mass is 9.92. The van der Waals surface area contributed by atoms with Crippen LogP contribution in [-0.4, -0.2) is 64.7 Å². The van der Waals surface area contributed by atoms with Crippen molar-refractivity contribution < 1.29 is 9.90 Å². The van der Waals surface area contributed by atoms with Gasteiger partial charge in [-0.25, -0.2) is 0 Å². The Morgan fingerprint density at radius 3 is 2.50 bits per heavy atom. The van der Waals surface area contributed by atoms with E-state index in [4.69, 9.17) is 10.8 Å². The molecule has 0 aliphatic carbocycles. The van der Waals surface area contributed by atoms with Gasteiger partial charge in [0.2, 0.25) is 0 Å². The molecule has 5 nitrogen and oxygen atoms in total. The molecule has 1 heterocycles. The average molecular weight is 257 g/mol. The molecular weight excluding hydrogens is 230 g/mol. The van der Waals surface area contributed by atoms with Gasteiger partial charge in [-0.1, -0.05) is 0 Å². The third-order valence-electron chi connectivity index (χ3n) is 4.18. The number of nitrogens with two attached hydrogens (primary N) is 1. The summed E-state index contributed by atoms with van der Waals surface area (Å²) < 4.78 is 0. The number of likely N-dealkylation sites (N-methyl/N-ethyl adjacent to an activating group) is 1. The molecule has 18 heavy (non-hydrogen) atoms. The first kappa shape index (κ1) is 15.4. The van der Waals surface area contributed by atoms with Crippen molar-refractivity contribution in [3.63, 3.8) is 0 Å². The van der Waals surface area contributed by atoms with Gasteiger partial charge in [0.05, 0.1) is 0 Å². The van der Waals surface area contributed by atoms with E-state index in [1.807, 2.05) is 0 Å². The molecule has 0 radical (unpaired) electrons. The number of hydrogen-bond donors (Lipinski definition) is 2. The third-order valence-corrected chi connectivity index (χ3v) is 4.18. The van der Waals surface area contributed by atoms with Gasteiger partial charge in [-0.3, -0.25) is 14.6 Å². The highest BCUT2D eigenvalue weighted by Gasteiger charge is 2.36. The van der Waals surface area contributed by atoms with Crippen LogP contribution in [0.3, 0.4) is 0 Å². The third kappa shape index (κ3) is 3.43. The minimum absolute atomic E-state index is 0.126. The predicted octanol–water partition coefficient (Wildman–Crippen LogP) is 0.593. The minimum Gasteiger partial charge on any atom is -0.480 e. The predicted molar refractivity (Wildman–Crippen MR) is 72.6 cm³/mol. The molecule has 2 atom stereocenters. The number of carbonyl (C=O) groups is 1. The highest BCUT2D eigenvalue weighted by atomic mass is 16.4. The van der Waals surface area contributed by atoms with Gasteiger partial charge in [0, 0.05) is 31.2 Å². The fourth-order valence-electron chi connectivity index (χ4n) is 2.48. The van der Waals surface area contributed by atoms with Crippen LogP contribution in [0.4, 0.5) is 0 Å². The van der Waals surface area contributed by atoms with Crippen LogP contribution in [0.2, 0.25) is 0 Å². The van der Waals surface area contributed by atoms with E-state index < -0.39 is 11.5 Å². The number of nitrogens with zero attached hydrogens (tertiary/aromatic N) is 2. The summed E-state index contributed by atoms with van der Waals surface area (Å²) in [6.07, 6.45) is 0.474. The molecule has 106 valence electrons. The Hall–Kier alpha value is -0.650. The normalized spacial score (nSPS) is 26.6. The largest absolute Gasteiger partial charge is 0.480 e. The van der Waals surface area contributed by atoms with E-state index in [0.717, 1.165) is 19.6 Å². The zero-order valence-electron chi connectivity index (χ0n) is 12.2. The Morgan fingerprint density at radius 2 is 2.06 bits per heavy atom. The summed E-state index contributed by atoms with van der Waals surface area (Å²) in [5.41, 5.74) is 4.81. The number of aliphatic carboxylic acids is 1. The van der Waals surface area contributed by atoms with Gasteiger partial charge >= 0.3 is 5.97 Å². The molecule has 0 aromatic heterocycles. The number of hydrogen-bond acceptors (Lipinski definition) is 4. The number of piperazine rings is 1. The molecule has 3 N–H and O–H groups in total. The molecule has 1 saturated heterocycles.